The largest absolute Gasteiger partial charge is 0.397 e. The number of hydrogen-bond donors (Lipinski definition) is 1. The standard InChI is InChI=1S/C15H24N4O/c1-11(2)17-5-7-18(8-6-17)15(20)14-9-12(16)10-19(14)13-3-4-13/h9-11,13H,3-8,16H2,1-2H3. The maximum atomic E-state index is 12.7. The third-order valence-corrected chi connectivity index (χ3v) is 4.36. The first-order chi connectivity index (χ1) is 9.56. The van der Waals surface area contributed by atoms with Crippen molar-refractivity contribution < 1.29 is 4.79 Å². The Morgan fingerprint density at radius 2 is 1.90 bits per heavy atom. The average molecular weight is 276 g/mol. The van der Waals surface area contributed by atoms with E-state index >= 15 is 0 Å². The van der Waals surface area contributed by atoms with Gasteiger partial charge in [-0.2, -0.15) is 0 Å². The summed E-state index contributed by atoms with van der Waals surface area (Å²) < 4.78 is 2.08. The summed E-state index contributed by atoms with van der Waals surface area (Å²) in [5, 5.41) is 0. The van der Waals surface area contributed by atoms with Crippen LogP contribution in [-0.4, -0.2) is 52.5 Å². The number of hydrogen-bond acceptors (Lipinski definition) is 3. The molecule has 0 unspecified atom stereocenters. The molecule has 5 heteroatoms. The molecule has 0 aromatic carbocycles. The van der Waals surface area contributed by atoms with Crippen LogP contribution in [0.2, 0.25) is 0 Å². The summed E-state index contributed by atoms with van der Waals surface area (Å²) in [4.78, 5) is 17.1. The molecule has 2 aliphatic rings. The van der Waals surface area contributed by atoms with Crippen molar-refractivity contribution >= 4 is 11.6 Å². The second-order valence-corrected chi connectivity index (χ2v) is 6.22. The van der Waals surface area contributed by atoms with Crippen molar-refractivity contribution in [1.82, 2.24) is 14.4 Å². The summed E-state index contributed by atoms with van der Waals surface area (Å²) in [6.45, 7) is 7.96. The SMILES string of the molecule is CC(C)N1CCN(C(=O)c2cc(N)cn2C2CC2)CC1. The Bertz CT molecular complexity index is 496. The summed E-state index contributed by atoms with van der Waals surface area (Å²) >= 11 is 0. The van der Waals surface area contributed by atoms with Crippen molar-refractivity contribution in [2.24, 2.45) is 0 Å². The first-order valence-electron chi connectivity index (χ1n) is 7.57. The Morgan fingerprint density at radius 1 is 1.25 bits per heavy atom. The smallest absolute Gasteiger partial charge is 0.270 e. The number of anilines is 1. The number of nitrogens with zero attached hydrogens (tertiary/aromatic N) is 3. The summed E-state index contributed by atoms with van der Waals surface area (Å²) in [6.07, 6.45) is 4.24. The van der Waals surface area contributed by atoms with E-state index in [0.29, 0.717) is 17.8 Å². The van der Waals surface area contributed by atoms with Gasteiger partial charge in [-0.1, -0.05) is 0 Å². The molecule has 1 saturated heterocycles. The number of carbonyl (C=O) groups is 1. The van der Waals surface area contributed by atoms with Gasteiger partial charge in [0.05, 0.1) is 5.69 Å². The molecular formula is C15H24N4O. The topological polar surface area (TPSA) is 54.5 Å². The molecule has 1 saturated carbocycles. The number of nitrogen functional groups attached to an aromatic ring is 1. The minimum Gasteiger partial charge on any atom is -0.397 e. The van der Waals surface area contributed by atoms with Crippen LogP contribution in [0.1, 0.15) is 43.2 Å². The van der Waals surface area contributed by atoms with E-state index in [9.17, 15) is 4.79 Å². The summed E-state index contributed by atoms with van der Waals surface area (Å²) in [7, 11) is 0. The fourth-order valence-electron chi connectivity index (χ4n) is 2.93. The number of rotatable bonds is 3. The Kier molecular flexibility index (Phi) is 3.46. The van der Waals surface area contributed by atoms with E-state index in [4.69, 9.17) is 5.73 Å². The molecule has 0 atom stereocenters. The fourth-order valence-corrected chi connectivity index (χ4v) is 2.93. The minimum absolute atomic E-state index is 0.136. The first kappa shape index (κ1) is 13.5. The third kappa shape index (κ3) is 2.54. The quantitative estimate of drug-likeness (QED) is 0.912. The Morgan fingerprint density at radius 3 is 2.45 bits per heavy atom. The summed E-state index contributed by atoms with van der Waals surface area (Å²) in [5.41, 5.74) is 7.34. The van der Waals surface area contributed by atoms with Crippen LogP contribution in [0.4, 0.5) is 5.69 Å². The van der Waals surface area contributed by atoms with Gasteiger partial charge in [0, 0.05) is 44.5 Å². The van der Waals surface area contributed by atoms with Crippen LogP contribution < -0.4 is 5.73 Å². The zero-order valence-electron chi connectivity index (χ0n) is 12.4. The Hall–Kier alpha value is -1.49. The van der Waals surface area contributed by atoms with Crippen molar-refractivity contribution in [1.29, 1.82) is 0 Å². The van der Waals surface area contributed by atoms with E-state index in [1.165, 1.54) is 0 Å². The number of aromatic nitrogens is 1. The lowest BCUT2D eigenvalue weighted by molar-refractivity contribution is 0.0585. The van der Waals surface area contributed by atoms with Gasteiger partial charge < -0.3 is 15.2 Å². The van der Waals surface area contributed by atoms with Crippen molar-refractivity contribution in [2.45, 2.75) is 38.8 Å². The van der Waals surface area contributed by atoms with E-state index in [0.717, 1.165) is 44.7 Å². The average Bonchev–Trinajstić information content (AvgIpc) is 3.21. The third-order valence-electron chi connectivity index (χ3n) is 4.36. The first-order valence-corrected chi connectivity index (χ1v) is 7.57. The maximum absolute atomic E-state index is 12.7. The van der Waals surface area contributed by atoms with E-state index < -0.39 is 0 Å². The van der Waals surface area contributed by atoms with Gasteiger partial charge >= 0.3 is 0 Å². The predicted octanol–water partition coefficient (Wildman–Crippen LogP) is 1.57. The van der Waals surface area contributed by atoms with Gasteiger partial charge in [-0.15, -0.1) is 0 Å². The molecule has 0 radical (unpaired) electrons. The van der Waals surface area contributed by atoms with Crippen LogP contribution in [0.15, 0.2) is 12.3 Å². The Balaban J connectivity index is 1.70. The number of nitrogens with two attached hydrogens (primary N) is 1. The number of amides is 1. The zero-order chi connectivity index (χ0) is 14.3. The van der Waals surface area contributed by atoms with E-state index in [1.54, 1.807) is 0 Å². The number of piperazine rings is 1. The molecule has 3 rings (SSSR count). The van der Waals surface area contributed by atoms with Gasteiger partial charge in [-0.25, -0.2) is 0 Å². The molecule has 2 N–H and O–H groups in total. The lowest BCUT2D eigenvalue weighted by Crippen LogP contribution is -2.51. The maximum Gasteiger partial charge on any atom is 0.270 e. The lowest BCUT2D eigenvalue weighted by atomic mass is 10.2. The molecule has 110 valence electrons. The predicted molar refractivity (Wildman–Crippen MR) is 79.7 cm³/mol. The van der Waals surface area contributed by atoms with Gasteiger partial charge in [0.15, 0.2) is 0 Å². The highest BCUT2D eigenvalue weighted by atomic mass is 16.2. The van der Waals surface area contributed by atoms with Gasteiger partial charge in [-0.05, 0) is 32.8 Å². The molecule has 20 heavy (non-hydrogen) atoms. The van der Waals surface area contributed by atoms with E-state index in [2.05, 4.69) is 23.3 Å². The molecule has 0 spiro atoms. The van der Waals surface area contributed by atoms with Gasteiger partial charge in [-0.3, -0.25) is 9.69 Å². The normalized spacial score (nSPS) is 20.6. The van der Waals surface area contributed by atoms with Crippen LogP contribution in [0.5, 0.6) is 0 Å². The molecular weight excluding hydrogens is 252 g/mol. The molecule has 1 aromatic heterocycles. The molecule has 5 nitrogen and oxygen atoms in total. The minimum atomic E-state index is 0.136. The van der Waals surface area contributed by atoms with Crippen LogP contribution in [-0.2, 0) is 0 Å². The summed E-state index contributed by atoms with van der Waals surface area (Å²) in [6, 6.07) is 2.87. The summed E-state index contributed by atoms with van der Waals surface area (Å²) in [5.74, 6) is 0.136. The number of carbonyl (C=O) groups excluding carboxylic acids is 1. The molecule has 2 fully saturated rings. The molecule has 1 aromatic rings. The molecule has 1 amide bonds. The van der Waals surface area contributed by atoms with Crippen molar-refractivity contribution in [3.63, 3.8) is 0 Å². The highest BCUT2D eigenvalue weighted by Gasteiger charge is 2.30. The van der Waals surface area contributed by atoms with Crippen molar-refractivity contribution in [2.75, 3.05) is 31.9 Å². The van der Waals surface area contributed by atoms with Gasteiger partial charge in [0.1, 0.15) is 5.69 Å². The van der Waals surface area contributed by atoms with Crippen LogP contribution in [0, 0.1) is 0 Å². The second kappa shape index (κ2) is 5.13. The van der Waals surface area contributed by atoms with Crippen molar-refractivity contribution in [3.8, 4) is 0 Å². The van der Waals surface area contributed by atoms with Crippen LogP contribution in [0.3, 0.4) is 0 Å². The van der Waals surface area contributed by atoms with Gasteiger partial charge in [0.25, 0.3) is 5.91 Å². The van der Waals surface area contributed by atoms with Gasteiger partial charge in [0.2, 0.25) is 0 Å². The highest BCUT2D eigenvalue weighted by Crippen LogP contribution is 2.37. The molecule has 1 aliphatic carbocycles. The molecule has 1 aliphatic heterocycles. The second-order valence-electron chi connectivity index (χ2n) is 6.22. The lowest BCUT2D eigenvalue weighted by Gasteiger charge is -2.37. The van der Waals surface area contributed by atoms with E-state index in [1.807, 2.05) is 17.2 Å². The molecule has 0 bridgehead atoms. The Labute approximate surface area is 120 Å². The van der Waals surface area contributed by atoms with E-state index in [-0.39, 0.29) is 5.91 Å². The fraction of sp³-hybridized carbons (Fsp3) is 0.667. The highest BCUT2D eigenvalue weighted by molar-refractivity contribution is 5.94. The molecule has 2 heterocycles. The van der Waals surface area contributed by atoms with Crippen LogP contribution >= 0.6 is 0 Å². The zero-order valence-corrected chi connectivity index (χ0v) is 12.4. The monoisotopic (exact) mass is 276 g/mol. The van der Waals surface area contributed by atoms with Crippen LogP contribution in [0.25, 0.3) is 0 Å². The van der Waals surface area contributed by atoms with Crippen molar-refractivity contribution in [3.05, 3.63) is 18.0 Å².